The molecule has 0 saturated heterocycles. The van der Waals surface area contributed by atoms with E-state index < -0.39 is 5.91 Å². The maximum absolute atomic E-state index is 10.2. The first-order valence-corrected chi connectivity index (χ1v) is 3.54. The van der Waals surface area contributed by atoms with E-state index in [4.69, 9.17) is 5.73 Å². The zero-order chi connectivity index (χ0) is 9.68. The van der Waals surface area contributed by atoms with Gasteiger partial charge in [0.05, 0.1) is 13.6 Å². The molecule has 0 aliphatic heterocycles. The third-order valence-electron chi connectivity index (χ3n) is 1.10. The van der Waals surface area contributed by atoms with Crippen LogP contribution in [-0.4, -0.2) is 32.7 Å². The van der Waals surface area contributed by atoms with Crippen molar-refractivity contribution in [1.82, 2.24) is 25.7 Å². The predicted octanol–water partition coefficient (Wildman–Crippen LogP) is -2.28. The molecular weight excluding hydrogens is 176 g/mol. The van der Waals surface area contributed by atoms with Crippen LogP contribution in [0, 0.1) is 0 Å². The largest absolute Gasteiger partial charge is 0.368 e. The van der Waals surface area contributed by atoms with Gasteiger partial charge in [-0.3, -0.25) is 9.63 Å². The summed E-state index contributed by atoms with van der Waals surface area (Å²) >= 11 is 0. The van der Waals surface area contributed by atoms with Crippen LogP contribution in [0.25, 0.3) is 0 Å². The van der Waals surface area contributed by atoms with Gasteiger partial charge in [-0.05, 0) is 5.21 Å². The summed E-state index contributed by atoms with van der Waals surface area (Å²) in [6.45, 7) is 0.0986. The molecule has 0 spiro atoms. The molecule has 8 nitrogen and oxygen atoms in total. The van der Waals surface area contributed by atoms with Crippen molar-refractivity contribution in [3.05, 3.63) is 5.82 Å². The number of carbonyl (C=O) groups is 1. The number of amides is 1. The number of tetrazole rings is 1. The summed E-state index contributed by atoms with van der Waals surface area (Å²) in [5.41, 5.74) is 7.29. The van der Waals surface area contributed by atoms with Crippen LogP contribution in [0.5, 0.6) is 0 Å². The molecule has 0 saturated carbocycles. The quantitative estimate of drug-likeness (QED) is 0.396. The maximum Gasteiger partial charge on any atom is 0.245 e. The number of nitrogens with one attached hydrogen (secondary N) is 1. The number of primary amides is 1. The first-order chi connectivity index (χ1) is 6.18. The number of hydroxylamine groups is 1. The summed E-state index contributed by atoms with van der Waals surface area (Å²) in [7, 11) is 1.65. The van der Waals surface area contributed by atoms with E-state index >= 15 is 0 Å². The number of nitrogens with zero attached hydrogens (tertiary/aromatic N) is 4. The topological polar surface area (TPSA) is 108 Å². The fraction of sp³-hybridized carbons (Fsp3) is 0.600. The highest BCUT2D eigenvalue weighted by Gasteiger charge is 1.99. The zero-order valence-corrected chi connectivity index (χ0v) is 7.10. The summed E-state index contributed by atoms with van der Waals surface area (Å²) in [6.07, 6.45) is 0. The minimum Gasteiger partial charge on any atom is -0.368 e. The molecule has 0 atom stereocenters. The lowest BCUT2D eigenvalue weighted by Crippen LogP contribution is -2.24. The number of hydrogen-bond acceptors (Lipinski definition) is 6. The Morgan fingerprint density at radius 2 is 2.54 bits per heavy atom. The summed E-state index contributed by atoms with van der Waals surface area (Å²) in [6, 6.07) is 0. The summed E-state index contributed by atoms with van der Waals surface area (Å²) in [4.78, 5) is 16.2. The van der Waals surface area contributed by atoms with Crippen LogP contribution in [0.2, 0.25) is 0 Å². The van der Waals surface area contributed by atoms with Gasteiger partial charge in [-0.2, -0.15) is 10.3 Å². The second-order valence-electron chi connectivity index (χ2n) is 2.27. The van der Waals surface area contributed by atoms with Crippen molar-refractivity contribution in [1.29, 1.82) is 0 Å². The molecule has 0 aromatic carbocycles. The van der Waals surface area contributed by atoms with Crippen molar-refractivity contribution >= 4 is 5.91 Å². The van der Waals surface area contributed by atoms with Crippen molar-refractivity contribution in [3.8, 4) is 0 Å². The van der Waals surface area contributed by atoms with E-state index in [1.165, 1.54) is 4.80 Å². The van der Waals surface area contributed by atoms with Crippen molar-refractivity contribution in [2.75, 3.05) is 6.61 Å². The third-order valence-corrected chi connectivity index (χ3v) is 1.10. The summed E-state index contributed by atoms with van der Waals surface area (Å²) < 4.78 is 0. The van der Waals surface area contributed by atoms with E-state index in [2.05, 4.69) is 25.7 Å². The number of aryl methyl sites for hydroxylation is 1. The van der Waals surface area contributed by atoms with Crippen molar-refractivity contribution in [2.24, 2.45) is 12.8 Å². The van der Waals surface area contributed by atoms with Gasteiger partial charge in [-0.25, -0.2) is 0 Å². The zero-order valence-electron chi connectivity index (χ0n) is 7.10. The van der Waals surface area contributed by atoms with Crippen LogP contribution >= 0.6 is 0 Å². The Hall–Kier alpha value is -1.54. The molecule has 0 fully saturated rings. The standard InChI is InChI=1S/C5H10N6O2/c1-11-9-5(8-10-11)2-7-13-3-4(6)12/h7H,2-3H2,1H3,(H2,6,12). The lowest BCUT2D eigenvalue weighted by atomic mass is 10.6. The fourth-order valence-corrected chi connectivity index (χ4v) is 0.632. The predicted molar refractivity (Wildman–Crippen MR) is 40.8 cm³/mol. The van der Waals surface area contributed by atoms with Gasteiger partial charge < -0.3 is 5.73 Å². The molecular formula is C5H10N6O2. The minimum atomic E-state index is -0.542. The van der Waals surface area contributed by atoms with Crippen LogP contribution in [0.4, 0.5) is 0 Å². The molecule has 1 heterocycles. The molecule has 0 bridgehead atoms. The van der Waals surface area contributed by atoms with Gasteiger partial charge in [0.1, 0.15) is 6.61 Å². The number of aromatic nitrogens is 4. The molecule has 1 rings (SSSR count). The Morgan fingerprint density at radius 1 is 1.77 bits per heavy atom. The second-order valence-corrected chi connectivity index (χ2v) is 2.27. The van der Waals surface area contributed by atoms with Gasteiger partial charge in [0.15, 0.2) is 5.82 Å². The number of nitrogens with two attached hydrogens (primary N) is 1. The average molecular weight is 186 g/mol. The Labute approximate surface area is 74.0 Å². The van der Waals surface area contributed by atoms with Gasteiger partial charge in [0, 0.05) is 0 Å². The first kappa shape index (κ1) is 9.55. The van der Waals surface area contributed by atoms with Crippen LogP contribution in [0.3, 0.4) is 0 Å². The Kier molecular flexibility index (Phi) is 3.29. The van der Waals surface area contributed by atoms with E-state index in [9.17, 15) is 4.79 Å². The summed E-state index contributed by atoms with van der Waals surface area (Å²) in [5.74, 6) is -0.0634. The van der Waals surface area contributed by atoms with Crippen LogP contribution in [0.1, 0.15) is 5.82 Å². The van der Waals surface area contributed by atoms with Gasteiger partial charge in [0.25, 0.3) is 0 Å². The molecule has 0 aliphatic carbocycles. The normalized spacial score (nSPS) is 10.2. The lowest BCUT2D eigenvalue weighted by molar-refractivity contribution is -0.125. The van der Waals surface area contributed by atoms with E-state index in [0.717, 1.165) is 0 Å². The van der Waals surface area contributed by atoms with E-state index in [0.29, 0.717) is 5.82 Å². The highest BCUT2D eigenvalue weighted by Crippen LogP contribution is 1.82. The number of hydrogen-bond donors (Lipinski definition) is 2. The highest BCUT2D eigenvalue weighted by atomic mass is 16.6. The molecule has 72 valence electrons. The smallest absolute Gasteiger partial charge is 0.245 e. The molecule has 1 aromatic rings. The van der Waals surface area contributed by atoms with Crippen molar-refractivity contribution in [3.63, 3.8) is 0 Å². The van der Waals surface area contributed by atoms with E-state index in [1.807, 2.05) is 0 Å². The Balaban J connectivity index is 2.16. The Morgan fingerprint density at radius 3 is 3.08 bits per heavy atom. The number of rotatable bonds is 5. The van der Waals surface area contributed by atoms with Gasteiger partial charge in [0.2, 0.25) is 5.91 Å². The van der Waals surface area contributed by atoms with Crippen molar-refractivity contribution in [2.45, 2.75) is 6.54 Å². The van der Waals surface area contributed by atoms with Crippen molar-refractivity contribution < 1.29 is 9.63 Å². The lowest BCUT2D eigenvalue weighted by Gasteiger charge is -1.99. The molecule has 1 amide bonds. The minimum absolute atomic E-state index is 0.180. The Bertz CT molecular complexity index is 284. The highest BCUT2D eigenvalue weighted by molar-refractivity contribution is 5.74. The summed E-state index contributed by atoms with van der Waals surface area (Å²) in [5, 5.41) is 11.1. The second kappa shape index (κ2) is 4.48. The third kappa shape index (κ3) is 3.58. The van der Waals surface area contributed by atoms with Crippen LogP contribution in [0.15, 0.2) is 0 Å². The van der Waals surface area contributed by atoms with Crippen LogP contribution < -0.4 is 11.2 Å². The molecule has 0 unspecified atom stereocenters. The monoisotopic (exact) mass is 186 g/mol. The van der Waals surface area contributed by atoms with E-state index in [-0.39, 0.29) is 13.2 Å². The van der Waals surface area contributed by atoms with Gasteiger partial charge in [-0.15, -0.1) is 10.2 Å². The first-order valence-electron chi connectivity index (χ1n) is 3.54. The fourth-order valence-electron chi connectivity index (χ4n) is 0.632. The molecule has 13 heavy (non-hydrogen) atoms. The number of carbonyl (C=O) groups excluding carboxylic acids is 1. The SMILES string of the molecule is Cn1nnc(CNOCC(N)=O)n1. The average Bonchev–Trinajstić information content (AvgIpc) is 2.45. The van der Waals surface area contributed by atoms with Gasteiger partial charge >= 0.3 is 0 Å². The van der Waals surface area contributed by atoms with E-state index in [1.54, 1.807) is 7.05 Å². The molecule has 0 aliphatic rings. The van der Waals surface area contributed by atoms with Crippen LogP contribution in [-0.2, 0) is 23.2 Å². The molecule has 3 N–H and O–H groups in total. The molecule has 1 aromatic heterocycles. The molecule has 8 heteroatoms. The van der Waals surface area contributed by atoms with Gasteiger partial charge in [-0.1, -0.05) is 0 Å². The maximum atomic E-state index is 10.2. The molecule has 0 radical (unpaired) electrons.